The number of benzene rings is 1. The summed E-state index contributed by atoms with van der Waals surface area (Å²) in [7, 11) is 0. The Hall–Kier alpha value is -2.93. The molecule has 0 fully saturated rings. The number of ether oxygens (including phenoxy) is 1. The second kappa shape index (κ2) is 5.45. The van der Waals surface area contributed by atoms with Gasteiger partial charge in [-0.15, -0.1) is 0 Å². The van der Waals surface area contributed by atoms with Crippen LogP contribution in [0, 0.1) is 10.1 Å². The minimum Gasteiger partial charge on any atom is -0.465 e. The number of nitro benzene ring substituents is 1. The maximum Gasteiger partial charge on any atom is 0.363 e. The highest BCUT2D eigenvalue weighted by Crippen LogP contribution is 2.27. The fourth-order valence-electron chi connectivity index (χ4n) is 1.83. The normalized spacial score (nSPS) is 15.8. The van der Waals surface area contributed by atoms with Crippen LogP contribution in [-0.4, -0.2) is 16.8 Å². The summed E-state index contributed by atoms with van der Waals surface area (Å²) in [5, 5.41) is 10.9. The van der Waals surface area contributed by atoms with Crippen LogP contribution in [-0.2, 0) is 9.53 Å². The average molecular weight is 319 g/mol. The molecule has 0 radical (unpaired) electrons. The molecule has 0 aliphatic carbocycles. The third-order valence-electron chi connectivity index (χ3n) is 2.83. The average Bonchev–Trinajstić information content (AvgIpc) is 3.10. The van der Waals surface area contributed by atoms with E-state index in [1.165, 1.54) is 30.5 Å². The smallest absolute Gasteiger partial charge is 0.363 e. The zero-order chi connectivity index (χ0) is 15.7. The van der Waals surface area contributed by atoms with Crippen molar-refractivity contribution in [2.45, 2.75) is 0 Å². The molecule has 0 unspecified atom stereocenters. The Morgan fingerprint density at radius 1 is 1.32 bits per heavy atom. The van der Waals surface area contributed by atoms with Crippen LogP contribution in [0.3, 0.4) is 0 Å². The first kappa shape index (κ1) is 14.0. The fraction of sp³-hybridized carbons (Fsp3) is 0. The van der Waals surface area contributed by atoms with Crippen molar-refractivity contribution in [1.82, 2.24) is 0 Å². The number of aliphatic imine (C=N–C) groups is 1. The Bertz CT molecular complexity index is 824. The summed E-state index contributed by atoms with van der Waals surface area (Å²) in [6.45, 7) is 0. The molecule has 1 aromatic heterocycles. The lowest BCUT2D eigenvalue weighted by Crippen LogP contribution is -2.06. The molecule has 2 heterocycles. The molecule has 7 nitrogen and oxygen atoms in total. The first-order valence-electron chi connectivity index (χ1n) is 6.05. The number of hydrogen-bond donors (Lipinski definition) is 0. The quantitative estimate of drug-likeness (QED) is 0.375. The number of carbonyl (C=O) groups is 1. The molecule has 1 aromatic carbocycles. The summed E-state index contributed by atoms with van der Waals surface area (Å²) in [4.78, 5) is 26.0. The molecule has 0 atom stereocenters. The van der Waals surface area contributed by atoms with Crippen LogP contribution in [0.1, 0.15) is 11.3 Å². The Balaban J connectivity index is 1.98. The molecule has 22 heavy (non-hydrogen) atoms. The van der Waals surface area contributed by atoms with Gasteiger partial charge in [0.1, 0.15) is 10.8 Å². The van der Waals surface area contributed by atoms with Crippen LogP contribution in [0.2, 0.25) is 5.02 Å². The number of carbonyl (C=O) groups excluding carboxylic acids is 1. The Morgan fingerprint density at radius 3 is 2.82 bits per heavy atom. The molecule has 0 amide bonds. The molecule has 0 bridgehead atoms. The van der Waals surface area contributed by atoms with E-state index < -0.39 is 10.9 Å². The van der Waals surface area contributed by atoms with Gasteiger partial charge >= 0.3 is 5.97 Å². The van der Waals surface area contributed by atoms with Crippen molar-refractivity contribution in [1.29, 1.82) is 0 Å². The van der Waals surface area contributed by atoms with E-state index >= 15 is 0 Å². The van der Waals surface area contributed by atoms with Crippen LogP contribution >= 0.6 is 11.6 Å². The summed E-state index contributed by atoms with van der Waals surface area (Å²) in [6.07, 6.45) is 2.87. The molecular formula is C14H7ClN2O5. The summed E-state index contributed by atoms with van der Waals surface area (Å²) >= 11 is 5.74. The zero-order valence-electron chi connectivity index (χ0n) is 10.9. The molecular weight excluding hydrogens is 312 g/mol. The van der Waals surface area contributed by atoms with Crippen molar-refractivity contribution in [3.63, 3.8) is 0 Å². The molecule has 2 aromatic rings. The van der Waals surface area contributed by atoms with Crippen molar-refractivity contribution in [3.8, 4) is 0 Å². The maximum atomic E-state index is 11.8. The van der Waals surface area contributed by atoms with Gasteiger partial charge in [-0.2, -0.15) is 0 Å². The number of halogens is 1. The third kappa shape index (κ3) is 2.61. The summed E-state index contributed by atoms with van der Waals surface area (Å²) in [5.41, 5.74) is 0.0382. The molecule has 0 N–H and O–H groups in total. The number of hydrogen-bond acceptors (Lipinski definition) is 6. The number of nitrogens with zero attached hydrogens (tertiary/aromatic N) is 2. The van der Waals surface area contributed by atoms with E-state index in [0.717, 1.165) is 0 Å². The summed E-state index contributed by atoms with van der Waals surface area (Å²) in [5.74, 6) is -0.245. The molecule has 1 aliphatic heterocycles. The van der Waals surface area contributed by atoms with Crippen molar-refractivity contribution in [3.05, 3.63) is 68.8 Å². The van der Waals surface area contributed by atoms with E-state index in [0.29, 0.717) is 5.76 Å². The van der Waals surface area contributed by atoms with Crippen molar-refractivity contribution in [2.75, 3.05) is 0 Å². The van der Waals surface area contributed by atoms with E-state index in [2.05, 4.69) is 4.99 Å². The van der Waals surface area contributed by atoms with Crippen LogP contribution in [0.25, 0.3) is 6.08 Å². The van der Waals surface area contributed by atoms with Gasteiger partial charge in [0.2, 0.25) is 5.90 Å². The molecule has 110 valence electrons. The minimum absolute atomic E-state index is 0.00924. The Labute approximate surface area is 128 Å². The molecule has 0 spiro atoms. The summed E-state index contributed by atoms with van der Waals surface area (Å²) in [6, 6.07) is 7.35. The largest absolute Gasteiger partial charge is 0.465 e. The molecule has 0 saturated carbocycles. The minimum atomic E-state index is -0.663. The first-order chi connectivity index (χ1) is 10.5. The number of cyclic esters (lactones) is 1. The fourth-order valence-corrected chi connectivity index (χ4v) is 2.01. The van der Waals surface area contributed by atoms with E-state index in [4.69, 9.17) is 20.8 Å². The standard InChI is InChI=1S/C14H7ClN2O5/c15-10-4-3-8(6-12(10)17(19)20)13-16-11(14(18)22-13)7-9-2-1-5-21-9/h1-7H. The summed E-state index contributed by atoms with van der Waals surface area (Å²) < 4.78 is 10.1. The Morgan fingerprint density at radius 2 is 2.14 bits per heavy atom. The lowest BCUT2D eigenvalue weighted by molar-refractivity contribution is -0.384. The van der Waals surface area contributed by atoms with Gasteiger partial charge in [-0.05, 0) is 24.3 Å². The first-order valence-corrected chi connectivity index (χ1v) is 6.43. The second-order valence-electron chi connectivity index (χ2n) is 4.27. The van der Waals surface area contributed by atoms with Gasteiger partial charge in [-0.1, -0.05) is 11.6 Å². The van der Waals surface area contributed by atoms with Crippen LogP contribution in [0.15, 0.2) is 51.7 Å². The monoisotopic (exact) mass is 318 g/mol. The van der Waals surface area contributed by atoms with Gasteiger partial charge < -0.3 is 9.15 Å². The molecule has 3 rings (SSSR count). The van der Waals surface area contributed by atoms with E-state index in [1.54, 1.807) is 12.1 Å². The van der Waals surface area contributed by atoms with Crippen LogP contribution in [0.4, 0.5) is 5.69 Å². The topological polar surface area (TPSA) is 94.9 Å². The van der Waals surface area contributed by atoms with Gasteiger partial charge in [-0.3, -0.25) is 10.1 Å². The van der Waals surface area contributed by atoms with Gasteiger partial charge in [0.05, 0.1) is 11.2 Å². The van der Waals surface area contributed by atoms with E-state index in [9.17, 15) is 14.9 Å². The highest BCUT2D eigenvalue weighted by molar-refractivity contribution is 6.32. The SMILES string of the molecule is O=C1OC(c2ccc(Cl)c([N+](=O)[O-])c2)=NC1=Cc1ccco1. The van der Waals surface area contributed by atoms with Gasteiger partial charge in [-0.25, -0.2) is 9.79 Å². The second-order valence-corrected chi connectivity index (χ2v) is 4.68. The lowest BCUT2D eigenvalue weighted by atomic mass is 10.2. The third-order valence-corrected chi connectivity index (χ3v) is 3.15. The van der Waals surface area contributed by atoms with E-state index in [1.807, 2.05) is 0 Å². The van der Waals surface area contributed by atoms with Gasteiger partial charge in [0.25, 0.3) is 5.69 Å². The van der Waals surface area contributed by atoms with Crippen molar-refractivity contribution >= 4 is 35.2 Å². The number of nitro groups is 1. The highest BCUT2D eigenvalue weighted by atomic mass is 35.5. The molecule has 8 heteroatoms. The molecule has 1 aliphatic rings. The number of esters is 1. The predicted molar refractivity (Wildman–Crippen MR) is 77.4 cm³/mol. The van der Waals surface area contributed by atoms with Gasteiger partial charge in [0.15, 0.2) is 5.70 Å². The van der Waals surface area contributed by atoms with Gasteiger partial charge in [0, 0.05) is 17.7 Å². The lowest BCUT2D eigenvalue weighted by Gasteiger charge is -2.00. The molecule has 0 saturated heterocycles. The predicted octanol–water partition coefficient (Wildman–Crippen LogP) is 3.19. The Kier molecular flexibility index (Phi) is 3.48. The zero-order valence-corrected chi connectivity index (χ0v) is 11.6. The van der Waals surface area contributed by atoms with Crippen molar-refractivity contribution in [2.24, 2.45) is 4.99 Å². The maximum absolute atomic E-state index is 11.8. The van der Waals surface area contributed by atoms with Crippen LogP contribution < -0.4 is 0 Å². The van der Waals surface area contributed by atoms with Crippen LogP contribution in [0.5, 0.6) is 0 Å². The highest BCUT2D eigenvalue weighted by Gasteiger charge is 2.26. The van der Waals surface area contributed by atoms with Crippen molar-refractivity contribution < 1.29 is 18.9 Å². The number of furan rings is 1. The number of rotatable bonds is 3. The van der Waals surface area contributed by atoms with E-state index in [-0.39, 0.29) is 27.9 Å².